The van der Waals surface area contributed by atoms with Gasteiger partial charge in [0.05, 0.1) is 5.02 Å². The minimum atomic E-state index is -0.00485. The van der Waals surface area contributed by atoms with Crippen LogP contribution in [0.4, 0.5) is 0 Å². The van der Waals surface area contributed by atoms with E-state index in [-0.39, 0.29) is 5.78 Å². The number of para-hydroxylation sites is 1. The highest BCUT2D eigenvalue weighted by atomic mass is 35.5. The molecule has 1 heterocycles. The lowest BCUT2D eigenvalue weighted by Crippen LogP contribution is -1.99. The van der Waals surface area contributed by atoms with Gasteiger partial charge in [0.25, 0.3) is 0 Å². The zero-order valence-corrected chi connectivity index (χ0v) is 9.96. The van der Waals surface area contributed by atoms with E-state index in [0.717, 1.165) is 30.2 Å². The largest absolute Gasteiger partial charge is 0.451 e. The van der Waals surface area contributed by atoms with Crippen molar-refractivity contribution in [1.29, 1.82) is 0 Å². The van der Waals surface area contributed by atoms with E-state index >= 15 is 0 Å². The van der Waals surface area contributed by atoms with E-state index in [4.69, 9.17) is 16.0 Å². The van der Waals surface area contributed by atoms with Crippen molar-refractivity contribution in [2.45, 2.75) is 19.3 Å². The zero-order chi connectivity index (χ0) is 11.8. The lowest BCUT2D eigenvalue weighted by molar-refractivity contribution is 0.100. The summed E-state index contributed by atoms with van der Waals surface area (Å²) in [6.07, 6.45) is 4.89. The number of rotatable bonds is 2. The van der Waals surface area contributed by atoms with Crippen molar-refractivity contribution >= 4 is 28.4 Å². The van der Waals surface area contributed by atoms with Gasteiger partial charge in [-0.05, 0) is 37.0 Å². The summed E-state index contributed by atoms with van der Waals surface area (Å²) in [5.41, 5.74) is 1.45. The molecule has 0 fully saturated rings. The van der Waals surface area contributed by atoms with Gasteiger partial charge in [-0.3, -0.25) is 4.79 Å². The minimum Gasteiger partial charge on any atom is -0.451 e. The molecule has 0 unspecified atom stereocenters. The first kappa shape index (κ1) is 10.6. The number of carbonyl (C=O) groups is 1. The third kappa shape index (κ3) is 1.79. The SMILES string of the molecule is O=C(C1=CCCC1)c1cc2cccc(Cl)c2o1. The predicted octanol–water partition coefficient (Wildman–Crippen LogP) is 4.38. The molecule has 0 spiro atoms. The number of benzene rings is 1. The van der Waals surface area contributed by atoms with Crippen LogP contribution >= 0.6 is 11.6 Å². The number of fused-ring (bicyclic) bond motifs is 1. The number of furan rings is 1. The molecule has 0 saturated heterocycles. The lowest BCUT2D eigenvalue weighted by atomic mass is 10.1. The van der Waals surface area contributed by atoms with Crippen molar-refractivity contribution in [1.82, 2.24) is 0 Å². The molecule has 17 heavy (non-hydrogen) atoms. The van der Waals surface area contributed by atoms with Gasteiger partial charge in [-0.1, -0.05) is 29.8 Å². The fraction of sp³-hybridized carbons (Fsp3) is 0.214. The Balaban J connectivity index is 2.06. The molecule has 0 atom stereocenters. The van der Waals surface area contributed by atoms with E-state index in [0.29, 0.717) is 16.4 Å². The van der Waals surface area contributed by atoms with Crippen LogP contribution in [0.25, 0.3) is 11.0 Å². The molecule has 0 N–H and O–H groups in total. The summed E-state index contributed by atoms with van der Waals surface area (Å²) < 4.78 is 5.55. The highest BCUT2D eigenvalue weighted by molar-refractivity contribution is 6.35. The molecule has 0 radical (unpaired) electrons. The van der Waals surface area contributed by atoms with Gasteiger partial charge in [0.1, 0.15) is 0 Å². The smallest absolute Gasteiger partial charge is 0.223 e. The summed E-state index contributed by atoms with van der Waals surface area (Å²) in [5, 5.41) is 1.42. The average Bonchev–Trinajstić information content (AvgIpc) is 2.98. The maximum atomic E-state index is 12.1. The van der Waals surface area contributed by atoms with Crippen LogP contribution in [0.1, 0.15) is 29.8 Å². The normalized spacial score (nSPS) is 15.2. The Kier molecular flexibility index (Phi) is 2.52. The molecule has 0 aliphatic heterocycles. The predicted molar refractivity (Wildman–Crippen MR) is 67.5 cm³/mol. The van der Waals surface area contributed by atoms with E-state index in [1.165, 1.54) is 0 Å². The summed E-state index contributed by atoms with van der Waals surface area (Å²) in [7, 11) is 0. The molecule has 1 aromatic carbocycles. The highest BCUT2D eigenvalue weighted by Crippen LogP contribution is 2.29. The van der Waals surface area contributed by atoms with Crippen molar-refractivity contribution in [3.05, 3.63) is 46.7 Å². The van der Waals surface area contributed by atoms with E-state index in [2.05, 4.69) is 0 Å². The average molecular weight is 247 g/mol. The summed E-state index contributed by atoms with van der Waals surface area (Å²) in [5.74, 6) is 0.385. The number of carbonyl (C=O) groups excluding carboxylic acids is 1. The first-order chi connectivity index (χ1) is 8.25. The maximum absolute atomic E-state index is 12.1. The van der Waals surface area contributed by atoms with E-state index < -0.39 is 0 Å². The van der Waals surface area contributed by atoms with Crippen molar-refractivity contribution in [3.8, 4) is 0 Å². The molecular formula is C14H11ClO2. The Bertz CT molecular complexity index is 622. The molecule has 0 saturated carbocycles. The summed E-state index contributed by atoms with van der Waals surface area (Å²) in [4.78, 5) is 12.1. The van der Waals surface area contributed by atoms with Crippen molar-refractivity contribution in [2.75, 3.05) is 0 Å². The Morgan fingerprint density at radius 1 is 1.35 bits per heavy atom. The van der Waals surface area contributed by atoms with Crippen molar-refractivity contribution in [2.24, 2.45) is 0 Å². The molecule has 0 bridgehead atoms. The van der Waals surface area contributed by atoms with E-state index in [9.17, 15) is 4.79 Å². The first-order valence-electron chi connectivity index (χ1n) is 5.67. The molecular weight excluding hydrogens is 236 g/mol. The second-order valence-corrected chi connectivity index (χ2v) is 4.63. The summed E-state index contributed by atoms with van der Waals surface area (Å²) >= 11 is 6.02. The lowest BCUT2D eigenvalue weighted by Gasteiger charge is -1.96. The van der Waals surface area contributed by atoms with Gasteiger partial charge in [-0.15, -0.1) is 0 Å². The summed E-state index contributed by atoms with van der Waals surface area (Å²) in [6, 6.07) is 7.27. The fourth-order valence-electron chi connectivity index (χ4n) is 2.17. The molecule has 3 heteroatoms. The third-order valence-electron chi connectivity index (χ3n) is 3.05. The van der Waals surface area contributed by atoms with Gasteiger partial charge in [-0.25, -0.2) is 0 Å². The molecule has 86 valence electrons. The molecule has 2 nitrogen and oxygen atoms in total. The van der Waals surface area contributed by atoms with Gasteiger partial charge in [-0.2, -0.15) is 0 Å². The van der Waals surface area contributed by atoms with Crippen molar-refractivity contribution < 1.29 is 9.21 Å². The van der Waals surface area contributed by atoms with Gasteiger partial charge >= 0.3 is 0 Å². The van der Waals surface area contributed by atoms with E-state index in [1.54, 1.807) is 12.1 Å². The van der Waals surface area contributed by atoms with Crippen LogP contribution in [0.5, 0.6) is 0 Å². The third-order valence-corrected chi connectivity index (χ3v) is 3.35. The number of ketones is 1. The number of hydrogen-bond acceptors (Lipinski definition) is 2. The summed E-state index contributed by atoms with van der Waals surface area (Å²) in [6.45, 7) is 0. The van der Waals surface area contributed by atoms with Crippen LogP contribution in [0, 0.1) is 0 Å². The Hall–Kier alpha value is -1.54. The van der Waals surface area contributed by atoms with Crippen LogP contribution in [0.3, 0.4) is 0 Å². The number of allylic oxidation sites excluding steroid dienone is 2. The first-order valence-corrected chi connectivity index (χ1v) is 6.05. The zero-order valence-electron chi connectivity index (χ0n) is 9.20. The molecule has 1 aliphatic rings. The van der Waals surface area contributed by atoms with Gasteiger partial charge < -0.3 is 4.42 Å². The molecule has 1 aromatic heterocycles. The van der Waals surface area contributed by atoms with Crippen LogP contribution in [-0.4, -0.2) is 5.78 Å². The fourth-order valence-corrected chi connectivity index (χ4v) is 2.40. The highest BCUT2D eigenvalue weighted by Gasteiger charge is 2.19. The van der Waals surface area contributed by atoms with Gasteiger partial charge in [0, 0.05) is 5.39 Å². The number of halogens is 1. The monoisotopic (exact) mass is 246 g/mol. The topological polar surface area (TPSA) is 30.2 Å². The van der Waals surface area contributed by atoms with Crippen LogP contribution in [0.15, 0.2) is 40.3 Å². The quantitative estimate of drug-likeness (QED) is 0.736. The maximum Gasteiger partial charge on any atom is 0.223 e. The minimum absolute atomic E-state index is 0.00485. The second kappa shape index (κ2) is 4.04. The second-order valence-electron chi connectivity index (χ2n) is 4.22. The molecule has 3 rings (SSSR count). The van der Waals surface area contributed by atoms with E-state index in [1.807, 2.05) is 18.2 Å². The van der Waals surface area contributed by atoms with Crippen LogP contribution in [0.2, 0.25) is 5.02 Å². The molecule has 0 amide bonds. The standard InChI is InChI=1S/C14H11ClO2/c15-11-7-3-6-10-8-12(17-14(10)11)13(16)9-4-1-2-5-9/h3-4,6-8H,1-2,5H2. The Morgan fingerprint density at radius 2 is 2.24 bits per heavy atom. The Morgan fingerprint density at radius 3 is 2.94 bits per heavy atom. The molecule has 1 aliphatic carbocycles. The van der Waals surface area contributed by atoms with Crippen molar-refractivity contribution in [3.63, 3.8) is 0 Å². The van der Waals surface area contributed by atoms with Gasteiger partial charge in [0.15, 0.2) is 11.3 Å². The number of hydrogen-bond donors (Lipinski definition) is 0. The number of Topliss-reactive ketones (excluding diaryl/α,β-unsaturated/α-hetero) is 1. The Labute approximate surface area is 104 Å². The van der Waals surface area contributed by atoms with Crippen LogP contribution < -0.4 is 0 Å². The van der Waals surface area contributed by atoms with Crippen LogP contribution in [-0.2, 0) is 0 Å². The molecule has 2 aromatic rings. The van der Waals surface area contributed by atoms with Gasteiger partial charge in [0.2, 0.25) is 5.78 Å².